The molecule has 1 aliphatic carbocycles. The van der Waals surface area contributed by atoms with Gasteiger partial charge in [0.25, 0.3) is 0 Å². The van der Waals surface area contributed by atoms with Crippen LogP contribution in [0, 0.1) is 11.3 Å². The Morgan fingerprint density at radius 3 is 2.50 bits per heavy atom. The zero-order chi connectivity index (χ0) is 12.0. The number of amides is 1. The van der Waals surface area contributed by atoms with Crippen molar-refractivity contribution < 1.29 is 4.79 Å². The van der Waals surface area contributed by atoms with Gasteiger partial charge >= 0.3 is 0 Å². The second-order valence-electron chi connectivity index (χ2n) is 5.46. The lowest BCUT2D eigenvalue weighted by molar-refractivity contribution is -0.135. The van der Waals surface area contributed by atoms with Crippen LogP contribution in [0.15, 0.2) is 0 Å². The highest BCUT2D eigenvalue weighted by Crippen LogP contribution is 2.40. The number of rotatable bonds is 7. The zero-order valence-electron chi connectivity index (χ0n) is 10.9. The fourth-order valence-electron chi connectivity index (χ4n) is 2.33. The molecule has 0 atom stereocenters. The molecule has 1 aliphatic rings. The van der Waals surface area contributed by atoms with Gasteiger partial charge in [-0.05, 0) is 38.6 Å². The maximum Gasteiger partial charge on any atom is 0.227 e. The van der Waals surface area contributed by atoms with E-state index < -0.39 is 0 Å². The summed E-state index contributed by atoms with van der Waals surface area (Å²) in [4.78, 5) is 12.0. The molecule has 0 aromatic rings. The van der Waals surface area contributed by atoms with Crippen LogP contribution < -0.4 is 10.6 Å². The Bertz CT molecular complexity index is 222. The molecule has 16 heavy (non-hydrogen) atoms. The Morgan fingerprint density at radius 1 is 1.38 bits per heavy atom. The van der Waals surface area contributed by atoms with Crippen molar-refractivity contribution in [3.05, 3.63) is 0 Å². The molecule has 3 nitrogen and oxygen atoms in total. The first-order valence-electron chi connectivity index (χ1n) is 6.53. The lowest BCUT2D eigenvalue weighted by atomic mass is 9.68. The van der Waals surface area contributed by atoms with Crippen molar-refractivity contribution in [3.8, 4) is 0 Å². The van der Waals surface area contributed by atoms with E-state index in [1.54, 1.807) is 0 Å². The van der Waals surface area contributed by atoms with Gasteiger partial charge in [0.1, 0.15) is 0 Å². The fourth-order valence-corrected chi connectivity index (χ4v) is 2.33. The first-order chi connectivity index (χ1) is 7.60. The Hall–Kier alpha value is -0.570. The van der Waals surface area contributed by atoms with Gasteiger partial charge in [0, 0.05) is 13.1 Å². The summed E-state index contributed by atoms with van der Waals surface area (Å²) in [6.07, 6.45) is 5.58. The third-order valence-corrected chi connectivity index (χ3v) is 3.55. The van der Waals surface area contributed by atoms with Gasteiger partial charge in [-0.25, -0.2) is 0 Å². The smallest absolute Gasteiger partial charge is 0.227 e. The normalized spacial score (nSPS) is 18.2. The molecule has 0 radical (unpaired) electrons. The van der Waals surface area contributed by atoms with Crippen molar-refractivity contribution in [1.29, 1.82) is 0 Å². The summed E-state index contributed by atoms with van der Waals surface area (Å²) in [5.41, 5.74) is -0.0907. The van der Waals surface area contributed by atoms with Gasteiger partial charge < -0.3 is 10.6 Å². The van der Waals surface area contributed by atoms with Crippen molar-refractivity contribution >= 4 is 5.91 Å². The van der Waals surface area contributed by atoms with Crippen molar-refractivity contribution in [1.82, 2.24) is 10.6 Å². The van der Waals surface area contributed by atoms with E-state index >= 15 is 0 Å². The molecule has 0 heterocycles. The minimum atomic E-state index is -0.0907. The molecule has 3 heteroatoms. The number of carbonyl (C=O) groups excluding carboxylic acids is 1. The third kappa shape index (κ3) is 3.48. The van der Waals surface area contributed by atoms with Gasteiger partial charge in [-0.3, -0.25) is 4.79 Å². The van der Waals surface area contributed by atoms with E-state index in [0.29, 0.717) is 0 Å². The molecular formula is C13H26N2O. The van der Waals surface area contributed by atoms with Crippen LogP contribution in [0.25, 0.3) is 0 Å². The van der Waals surface area contributed by atoms with Crippen LogP contribution >= 0.6 is 0 Å². The summed E-state index contributed by atoms with van der Waals surface area (Å²) in [6.45, 7) is 6.10. The molecule has 1 rings (SSSR count). The van der Waals surface area contributed by atoms with Crippen LogP contribution in [-0.2, 0) is 4.79 Å². The second kappa shape index (κ2) is 6.24. The summed E-state index contributed by atoms with van der Waals surface area (Å²) < 4.78 is 0. The average molecular weight is 226 g/mol. The van der Waals surface area contributed by atoms with E-state index in [4.69, 9.17) is 0 Å². The molecule has 0 bridgehead atoms. The Balaban J connectivity index is 2.23. The number of hydrogen-bond acceptors (Lipinski definition) is 2. The summed E-state index contributed by atoms with van der Waals surface area (Å²) in [5, 5.41) is 6.23. The lowest BCUT2D eigenvalue weighted by Crippen LogP contribution is -2.51. The largest absolute Gasteiger partial charge is 0.356 e. The molecule has 94 valence electrons. The van der Waals surface area contributed by atoms with Crippen LogP contribution in [0.2, 0.25) is 0 Å². The number of carbonyl (C=O) groups is 1. The van der Waals surface area contributed by atoms with Gasteiger partial charge in [0.05, 0.1) is 5.41 Å². The highest BCUT2D eigenvalue weighted by Gasteiger charge is 2.43. The average Bonchev–Trinajstić information content (AvgIpc) is 2.17. The fraction of sp³-hybridized carbons (Fsp3) is 0.923. The summed E-state index contributed by atoms with van der Waals surface area (Å²) in [7, 11) is 1.92. The molecular weight excluding hydrogens is 200 g/mol. The summed E-state index contributed by atoms with van der Waals surface area (Å²) >= 11 is 0. The van der Waals surface area contributed by atoms with Gasteiger partial charge in [0.15, 0.2) is 0 Å². The van der Waals surface area contributed by atoms with Gasteiger partial charge in [-0.1, -0.05) is 20.3 Å². The van der Waals surface area contributed by atoms with Crippen LogP contribution in [0.4, 0.5) is 0 Å². The molecule has 2 N–H and O–H groups in total. The predicted molar refractivity (Wildman–Crippen MR) is 67.3 cm³/mol. The van der Waals surface area contributed by atoms with Crippen molar-refractivity contribution in [2.75, 3.05) is 20.1 Å². The Morgan fingerprint density at radius 2 is 2.06 bits per heavy atom. The Labute approximate surface area is 99.4 Å². The van der Waals surface area contributed by atoms with E-state index in [-0.39, 0.29) is 11.3 Å². The molecule has 0 aliphatic heterocycles. The van der Waals surface area contributed by atoms with Crippen LogP contribution in [0.1, 0.15) is 46.0 Å². The Kier molecular flexibility index (Phi) is 5.26. The quantitative estimate of drug-likeness (QED) is 0.651. The van der Waals surface area contributed by atoms with Crippen LogP contribution in [-0.4, -0.2) is 26.0 Å². The summed E-state index contributed by atoms with van der Waals surface area (Å²) in [6, 6.07) is 0. The van der Waals surface area contributed by atoms with Crippen molar-refractivity contribution in [2.24, 2.45) is 11.3 Å². The minimum Gasteiger partial charge on any atom is -0.356 e. The molecule has 1 saturated carbocycles. The number of nitrogens with one attached hydrogen (secondary N) is 2. The van der Waals surface area contributed by atoms with E-state index in [2.05, 4.69) is 24.5 Å². The number of hydrogen-bond donors (Lipinski definition) is 2. The lowest BCUT2D eigenvalue weighted by Gasteiger charge is -2.40. The minimum absolute atomic E-state index is 0.0907. The SMILES string of the molecule is CNCC1(C(=O)NCCCC(C)C)CCC1. The molecule has 1 fully saturated rings. The first kappa shape index (κ1) is 13.5. The highest BCUT2D eigenvalue weighted by molar-refractivity contribution is 5.83. The third-order valence-electron chi connectivity index (χ3n) is 3.55. The maximum absolute atomic E-state index is 12.0. The molecule has 0 saturated heterocycles. The first-order valence-corrected chi connectivity index (χ1v) is 6.53. The summed E-state index contributed by atoms with van der Waals surface area (Å²) in [5.74, 6) is 0.990. The van der Waals surface area contributed by atoms with Crippen molar-refractivity contribution in [2.45, 2.75) is 46.0 Å². The van der Waals surface area contributed by atoms with Gasteiger partial charge in [0.2, 0.25) is 5.91 Å². The van der Waals surface area contributed by atoms with E-state index in [0.717, 1.165) is 38.3 Å². The molecule has 0 unspecified atom stereocenters. The second-order valence-corrected chi connectivity index (χ2v) is 5.46. The maximum atomic E-state index is 12.0. The van der Waals surface area contributed by atoms with Crippen LogP contribution in [0.5, 0.6) is 0 Å². The van der Waals surface area contributed by atoms with E-state index in [1.807, 2.05) is 7.05 Å². The predicted octanol–water partition coefficient (Wildman–Crippen LogP) is 1.93. The zero-order valence-corrected chi connectivity index (χ0v) is 10.9. The van der Waals surface area contributed by atoms with Gasteiger partial charge in [-0.2, -0.15) is 0 Å². The highest BCUT2D eigenvalue weighted by atomic mass is 16.2. The topological polar surface area (TPSA) is 41.1 Å². The van der Waals surface area contributed by atoms with Gasteiger partial charge in [-0.15, -0.1) is 0 Å². The monoisotopic (exact) mass is 226 g/mol. The molecule has 0 aromatic carbocycles. The molecule has 0 aromatic heterocycles. The molecule has 1 amide bonds. The van der Waals surface area contributed by atoms with E-state index in [1.165, 1.54) is 12.8 Å². The van der Waals surface area contributed by atoms with Crippen molar-refractivity contribution in [3.63, 3.8) is 0 Å². The standard InChI is InChI=1S/C13H26N2O/c1-11(2)6-4-9-15-12(16)13(10-14-3)7-5-8-13/h11,14H,4-10H2,1-3H3,(H,15,16). The van der Waals surface area contributed by atoms with Crippen LogP contribution in [0.3, 0.4) is 0 Å². The molecule has 0 spiro atoms. The van der Waals surface area contributed by atoms with E-state index in [9.17, 15) is 4.79 Å².